The molecule has 102 valence electrons. The molecule has 1 aromatic carbocycles. The van der Waals surface area contributed by atoms with Crippen LogP contribution in [0.25, 0.3) is 0 Å². The molecule has 0 N–H and O–H groups in total. The molecule has 0 amide bonds. The van der Waals surface area contributed by atoms with Crippen molar-refractivity contribution in [2.45, 2.75) is 25.7 Å². The molecule has 1 aliphatic heterocycles. The molecule has 0 spiro atoms. The first-order valence-electron chi connectivity index (χ1n) is 7.23. The largest absolute Gasteiger partial charge is 0.302 e. The number of hydrogen-bond donors (Lipinski definition) is 0. The monoisotopic (exact) mass is 321 g/mol. The van der Waals surface area contributed by atoms with Crippen LogP contribution in [0.2, 0.25) is 0 Å². The summed E-state index contributed by atoms with van der Waals surface area (Å²) in [5, 5.41) is 0. The molecule has 1 heterocycles. The van der Waals surface area contributed by atoms with Crippen LogP contribution in [0.5, 0.6) is 0 Å². The first kappa shape index (κ1) is 13.3. The van der Waals surface area contributed by atoms with Gasteiger partial charge in [0.1, 0.15) is 0 Å². The number of ketones is 1. The second-order valence-electron chi connectivity index (χ2n) is 5.89. The van der Waals surface area contributed by atoms with Gasteiger partial charge in [-0.15, -0.1) is 0 Å². The first-order chi connectivity index (χ1) is 9.22. The number of halogens is 1. The summed E-state index contributed by atoms with van der Waals surface area (Å²) < 4.78 is 0.981. The van der Waals surface area contributed by atoms with Crippen molar-refractivity contribution in [3.8, 4) is 0 Å². The molecular weight excluding hydrogens is 302 g/mol. The lowest BCUT2D eigenvalue weighted by Gasteiger charge is -2.16. The zero-order chi connectivity index (χ0) is 13.2. The van der Waals surface area contributed by atoms with Crippen molar-refractivity contribution in [1.29, 1.82) is 0 Å². The lowest BCUT2D eigenvalue weighted by molar-refractivity contribution is 0.0967. The number of benzene rings is 1. The van der Waals surface area contributed by atoms with E-state index in [1.165, 1.54) is 32.4 Å². The number of nitrogens with zero attached hydrogens (tertiary/aromatic N) is 1. The van der Waals surface area contributed by atoms with E-state index in [0.29, 0.717) is 6.42 Å². The fraction of sp³-hybridized carbons (Fsp3) is 0.562. The first-order valence-corrected chi connectivity index (χ1v) is 8.03. The number of fused-ring (bicyclic) bond motifs is 1. The SMILES string of the molecule is O=C(CCN1CC2CCCC2C1)c1cccc(Br)c1. The van der Waals surface area contributed by atoms with E-state index in [4.69, 9.17) is 0 Å². The molecule has 2 unspecified atom stereocenters. The summed E-state index contributed by atoms with van der Waals surface area (Å²) in [4.78, 5) is 14.6. The molecule has 2 aliphatic rings. The van der Waals surface area contributed by atoms with Crippen molar-refractivity contribution < 1.29 is 4.79 Å². The molecule has 1 saturated carbocycles. The standard InChI is InChI=1S/C16H20BrNO/c17-15-6-2-3-12(9-15)16(19)7-8-18-10-13-4-1-5-14(13)11-18/h2-3,6,9,13-14H,1,4-5,7-8,10-11H2. The van der Waals surface area contributed by atoms with Crippen LogP contribution in [0.4, 0.5) is 0 Å². The average molecular weight is 322 g/mol. The zero-order valence-electron chi connectivity index (χ0n) is 11.1. The Bertz CT molecular complexity index is 462. The van der Waals surface area contributed by atoms with Gasteiger partial charge in [0.15, 0.2) is 5.78 Å². The molecule has 1 saturated heterocycles. The van der Waals surface area contributed by atoms with Crippen molar-refractivity contribution in [2.75, 3.05) is 19.6 Å². The molecule has 2 nitrogen and oxygen atoms in total. The Balaban J connectivity index is 1.51. The highest BCUT2D eigenvalue weighted by Gasteiger charge is 2.35. The Labute approximate surface area is 123 Å². The predicted octanol–water partition coefficient (Wildman–Crippen LogP) is 3.75. The molecule has 0 radical (unpaired) electrons. The highest BCUT2D eigenvalue weighted by molar-refractivity contribution is 9.10. The van der Waals surface area contributed by atoms with E-state index in [1.54, 1.807) is 0 Å². The Hall–Kier alpha value is -0.670. The van der Waals surface area contributed by atoms with E-state index >= 15 is 0 Å². The number of hydrogen-bond acceptors (Lipinski definition) is 2. The van der Waals surface area contributed by atoms with Crippen LogP contribution in [0.15, 0.2) is 28.7 Å². The highest BCUT2D eigenvalue weighted by atomic mass is 79.9. The Morgan fingerprint density at radius 1 is 1.26 bits per heavy atom. The smallest absolute Gasteiger partial charge is 0.164 e. The fourth-order valence-electron chi connectivity index (χ4n) is 3.58. The van der Waals surface area contributed by atoms with Gasteiger partial charge in [0.2, 0.25) is 0 Å². The predicted molar refractivity (Wildman–Crippen MR) is 80.4 cm³/mol. The summed E-state index contributed by atoms with van der Waals surface area (Å²) in [5.41, 5.74) is 0.828. The minimum atomic E-state index is 0.262. The molecule has 19 heavy (non-hydrogen) atoms. The minimum absolute atomic E-state index is 0.262. The van der Waals surface area contributed by atoms with E-state index in [2.05, 4.69) is 20.8 Å². The molecule has 1 aliphatic carbocycles. The van der Waals surface area contributed by atoms with Crippen LogP contribution >= 0.6 is 15.9 Å². The molecule has 3 heteroatoms. The van der Waals surface area contributed by atoms with E-state index in [9.17, 15) is 4.79 Å². The second-order valence-corrected chi connectivity index (χ2v) is 6.81. The Kier molecular flexibility index (Phi) is 4.04. The highest BCUT2D eigenvalue weighted by Crippen LogP contribution is 2.37. The van der Waals surface area contributed by atoms with Crippen molar-refractivity contribution in [3.63, 3.8) is 0 Å². The lowest BCUT2D eigenvalue weighted by Crippen LogP contribution is -2.24. The van der Waals surface area contributed by atoms with E-state index < -0.39 is 0 Å². The van der Waals surface area contributed by atoms with Crippen LogP contribution in [0.3, 0.4) is 0 Å². The number of likely N-dealkylation sites (tertiary alicyclic amines) is 1. The molecule has 0 aromatic heterocycles. The maximum atomic E-state index is 12.2. The summed E-state index contributed by atoms with van der Waals surface area (Å²) in [6.45, 7) is 3.37. The van der Waals surface area contributed by atoms with E-state index in [0.717, 1.165) is 28.4 Å². The molecule has 1 aromatic rings. The normalized spacial score (nSPS) is 26.6. The Morgan fingerprint density at radius 3 is 2.68 bits per heavy atom. The number of rotatable bonds is 4. The molecule has 2 fully saturated rings. The number of carbonyl (C=O) groups excluding carboxylic acids is 1. The summed E-state index contributed by atoms with van der Waals surface area (Å²) in [5.74, 6) is 2.10. The van der Waals surface area contributed by atoms with Gasteiger partial charge in [-0.1, -0.05) is 34.5 Å². The summed E-state index contributed by atoms with van der Waals surface area (Å²) in [6.07, 6.45) is 4.87. The van der Waals surface area contributed by atoms with Gasteiger partial charge in [0.25, 0.3) is 0 Å². The Morgan fingerprint density at radius 2 is 2.00 bits per heavy atom. The van der Waals surface area contributed by atoms with Crippen LogP contribution < -0.4 is 0 Å². The van der Waals surface area contributed by atoms with Crippen molar-refractivity contribution in [2.24, 2.45) is 11.8 Å². The number of carbonyl (C=O) groups is 1. The maximum Gasteiger partial charge on any atom is 0.164 e. The zero-order valence-corrected chi connectivity index (χ0v) is 12.7. The third-order valence-electron chi connectivity index (χ3n) is 4.60. The minimum Gasteiger partial charge on any atom is -0.302 e. The molecular formula is C16H20BrNO. The maximum absolute atomic E-state index is 12.2. The second kappa shape index (κ2) is 5.76. The average Bonchev–Trinajstić information content (AvgIpc) is 2.96. The third kappa shape index (κ3) is 3.09. The van der Waals surface area contributed by atoms with Gasteiger partial charge in [-0.25, -0.2) is 0 Å². The van der Waals surface area contributed by atoms with Gasteiger partial charge in [-0.05, 0) is 36.8 Å². The van der Waals surface area contributed by atoms with Gasteiger partial charge in [0, 0.05) is 36.1 Å². The van der Waals surface area contributed by atoms with Gasteiger partial charge in [0.05, 0.1) is 0 Å². The van der Waals surface area contributed by atoms with Crippen molar-refractivity contribution >= 4 is 21.7 Å². The lowest BCUT2D eigenvalue weighted by atomic mass is 10.0. The quantitative estimate of drug-likeness (QED) is 0.787. The van der Waals surface area contributed by atoms with Gasteiger partial charge in [-0.3, -0.25) is 4.79 Å². The molecule has 0 bridgehead atoms. The van der Waals surface area contributed by atoms with Gasteiger partial charge in [-0.2, -0.15) is 0 Å². The van der Waals surface area contributed by atoms with Gasteiger partial charge >= 0.3 is 0 Å². The topological polar surface area (TPSA) is 20.3 Å². The summed E-state index contributed by atoms with van der Waals surface area (Å²) in [7, 11) is 0. The van der Waals surface area contributed by atoms with E-state index in [1.807, 2.05) is 24.3 Å². The van der Waals surface area contributed by atoms with Crippen molar-refractivity contribution in [3.05, 3.63) is 34.3 Å². The summed E-state index contributed by atoms with van der Waals surface area (Å²) >= 11 is 3.42. The molecule has 2 atom stereocenters. The third-order valence-corrected chi connectivity index (χ3v) is 5.10. The molecule has 3 rings (SSSR count). The van der Waals surface area contributed by atoms with Crippen LogP contribution in [-0.4, -0.2) is 30.3 Å². The number of Topliss-reactive ketones (excluding diaryl/α,β-unsaturated/α-hetero) is 1. The van der Waals surface area contributed by atoms with Crippen LogP contribution in [0.1, 0.15) is 36.0 Å². The van der Waals surface area contributed by atoms with Crippen molar-refractivity contribution in [1.82, 2.24) is 4.90 Å². The summed E-state index contributed by atoms with van der Waals surface area (Å²) in [6, 6.07) is 7.71. The van der Waals surface area contributed by atoms with Crippen LogP contribution in [-0.2, 0) is 0 Å². The van der Waals surface area contributed by atoms with E-state index in [-0.39, 0.29) is 5.78 Å². The fourth-order valence-corrected chi connectivity index (χ4v) is 3.98. The van der Waals surface area contributed by atoms with Crippen LogP contribution in [0, 0.1) is 11.8 Å². The van der Waals surface area contributed by atoms with Gasteiger partial charge < -0.3 is 4.90 Å².